The molecule has 0 spiro atoms. The molecule has 0 aliphatic heterocycles. The van der Waals surface area contributed by atoms with E-state index in [0.29, 0.717) is 24.2 Å². The van der Waals surface area contributed by atoms with E-state index in [2.05, 4.69) is 23.8 Å². The van der Waals surface area contributed by atoms with Crippen molar-refractivity contribution >= 4 is 11.5 Å². The molecule has 0 saturated carbocycles. The number of hydrogen-bond donors (Lipinski definition) is 2. The van der Waals surface area contributed by atoms with E-state index in [1.807, 2.05) is 19.1 Å². The first-order valence-corrected chi connectivity index (χ1v) is 5.44. The van der Waals surface area contributed by atoms with Crippen molar-refractivity contribution in [3.8, 4) is 5.88 Å². The second-order valence-electron chi connectivity index (χ2n) is 3.59. The molecule has 0 bridgehead atoms. The second-order valence-corrected chi connectivity index (χ2v) is 3.59. The number of nitrogens with one attached hydrogen (secondary N) is 1. The van der Waals surface area contributed by atoms with Crippen LogP contribution in [0.5, 0.6) is 5.88 Å². The lowest BCUT2D eigenvalue weighted by molar-refractivity contribution is 0.329. The molecule has 1 atom stereocenters. The molecule has 0 aliphatic rings. The molecule has 1 aromatic rings. The van der Waals surface area contributed by atoms with Gasteiger partial charge < -0.3 is 15.8 Å². The maximum Gasteiger partial charge on any atom is 0.239 e. The standard InChI is InChI=1S/C12H19N3O/c1-4-6-9(3)14-11-8-7-10(13)12(15-11)16-5-2/h4,7-9H,1,5-6,13H2,2-3H3,(H,14,15). The van der Waals surface area contributed by atoms with Gasteiger partial charge in [0, 0.05) is 6.04 Å². The summed E-state index contributed by atoms with van der Waals surface area (Å²) in [5.41, 5.74) is 6.29. The van der Waals surface area contributed by atoms with Crippen LogP contribution < -0.4 is 15.8 Å². The molecule has 1 heterocycles. The minimum Gasteiger partial charge on any atom is -0.476 e. The summed E-state index contributed by atoms with van der Waals surface area (Å²) in [5, 5.41) is 3.25. The molecule has 0 saturated heterocycles. The summed E-state index contributed by atoms with van der Waals surface area (Å²) in [6.07, 6.45) is 2.76. The maximum absolute atomic E-state index is 5.73. The fourth-order valence-corrected chi connectivity index (χ4v) is 1.35. The van der Waals surface area contributed by atoms with E-state index >= 15 is 0 Å². The minimum absolute atomic E-state index is 0.295. The summed E-state index contributed by atoms with van der Waals surface area (Å²) < 4.78 is 5.32. The Bertz CT molecular complexity index is 352. The fourth-order valence-electron chi connectivity index (χ4n) is 1.35. The van der Waals surface area contributed by atoms with Crippen molar-refractivity contribution in [3.63, 3.8) is 0 Å². The first kappa shape index (κ1) is 12.4. The van der Waals surface area contributed by atoms with Crippen molar-refractivity contribution < 1.29 is 4.74 Å². The fraction of sp³-hybridized carbons (Fsp3) is 0.417. The molecular formula is C12H19N3O. The predicted octanol–water partition coefficient (Wildman–Crippen LogP) is 2.44. The molecule has 1 unspecified atom stereocenters. The van der Waals surface area contributed by atoms with Gasteiger partial charge in [0.15, 0.2) is 0 Å². The number of nitrogen functional groups attached to an aromatic ring is 1. The van der Waals surface area contributed by atoms with E-state index < -0.39 is 0 Å². The van der Waals surface area contributed by atoms with Crippen LogP contribution >= 0.6 is 0 Å². The average molecular weight is 221 g/mol. The van der Waals surface area contributed by atoms with Crippen molar-refractivity contribution in [2.45, 2.75) is 26.3 Å². The van der Waals surface area contributed by atoms with E-state index in [1.165, 1.54) is 0 Å². The summed E-state index contributed by atoms with van der Waals surface area (Å²) in [7, 11) is 0. The summed E-state index contributed by atoms with van der Waals surface area (Å²) in [5.74, 6) is 1.25. The molecule has 0 fully saturated rings. The molecule has 0 aliphatic carbocycles. The zero-order chi connectivity index (χ0) is 12.0. The molecule has 1 aromatic heterocycles. The Balaban J connectivity index is 2.73. The largest absolute Gasteiger partial charge is 0.476 e. The van der Waals surface area contributed by atoms with Crippen molar-refractivity contribution in [1.82, 2.24) is 4.98 Å². The Hall–Kier alpha value is -1.71. The van der Waals surface area contributed by atoms with E-state index in [9.17, 15) is 0 Å². The Morgan fingerprint density at radius 1 is 1.62 bits per heavy atom. The monoisotopic (exact) mass is 221 g/mol. The van der Waals surface area contributed by atoms with Crippen LogP contribution in [0.15, 0.2) is 24.8 Å². The quantitative estimate of drug-likeness (QED) is 0.724. The first-order chi connectivity index (χ1) is 7.67. The molecule has 4 nitrogen and oxygen atoms in total. The number of anilines is 2. The van der Waals surface area contributed by atoms with Gasteiger partial charge in [-0.2, -0.15) is 4.98 Å². The number of hydrogen-bond acceptors (Lipinski definition) is 4. The topological polar surface area (TPSA) is 60.2 Å². The highest BCUT2D eigenvalue weighted by Gasteiger charge is 2.05. The third-order valence-corrected chi connectivity index (χ3v) is 2.09. The van der Waals surface area contributed by atoms with Crippen LogP contribution in [-0.4, -0.2) is 17.6 Å². The molecule has 3 N–H and O–H groups in total. The van der Waals surface area contributed by atoms with Crippen LogP contribution in [0.2, 0.25) is 0 Å². The van der Waals surface area contributed by atoms with Crippen LogP contribution in [0.4, 0.5) is 11.5 Å². The zero-order valence-electron chi connectivity index (χ0n) is 9.86. The van der Waals surface area contributed by atoms with Crippen LogP contribution in [0.25, 0.3) is 0 Å². The lowest BCUT2D eigenvalue weighted by Gasteiger charge is -2.14. The highest BCUT2D eigenvalue weighted by molar-refractivity contribution is 5.53. The normalized spacial score (nSPS) is 11.9. The van der Waals surface area contributed by atoms with Gasteiger partial charge in [0.25, 0.3) is 0 Å². The van der Waals surface area contributed by atoms with Gasteiger partial charge >= 0.3 is 0 Å². The lowest BCUT2D eigenvalue weighted by atomic mass is 10.2. The SMILES string of the molecule is C=CCC(C)Nc1ccc(N)c(OCC)n1. The molecule has 0 radical (unpaired) electrons. The van der Waals surface area contributed by atoms with E-state index in [1.54, 1.807) is 6.07 Å². The molecule has 4 heteroatoms. The van der Waals surface area contributed by atoms with Crippen LogP contribution in [0.3, 0.4) is 0 Å². The summed E-state index contributed by atoms with van der Waals surface area (Å²) in [6.45, 7) is 8.23. The second kappa shape index (κ2) is 6.00. The van der Waals surface area contributed by atoms with Gasteiger partial charge in [0.1, 0.15) is 5.82 Å². The summed E-state index contributed by atoms with van der Waals surface area (Å²) >= 11 is 0. The molecule has 16 heavy (non-hydrogen) atoms. The van der Waals surface area contributed by atoms with Gasteiger partial charge in [-0.05, 0) is 32.4 Å². The Kier molecular flexibility index (Phi) is 4.64. The van der Waals surface area contributed by atoms with Crippen molar-refractivity contribution in [3.05, 3.63) is 24.8 Å². The van der Waals surface area contributed by atoms with Crippen LogP contribution in [0, 0.1) is 0 Å². The average Bonchev–Trinajstić information content (AvgIpc) is 2.24. The third-order valence-electron chi connectivity index (χ3n) is 2.09. The van der Waals surface area contributed by atoms with Gasteiger partial charge in [0.2, 0.25) is 5.88 Å². The van der Waals surface area contributed by atoms with Crippen molar-refractivity contribution in [2.24, 2.45) is 0 Å². The van der Waals surface area contributed by atoms with Crippen molar-refractivity contribution in [2.75, 3.05) is 17.7 Å². The molecule has 0 aromatic carbocycles. The minimum atomic E-state index is 0.295. The highest BCUT2D eigenvalue weighted by atomic mass is 16.5. The predicted molar refractivity (Wildman–Crippen MR) is 67.7 cm³/mol. The molecular weight excluding hydrogens is 202 g/mol. The number of ether oxygens (including phenoxy) is 1. The summed E-state index contributed by atoms with van der Waals surface area (Å²) in [4.78, 5) is 4.29. The number of rotatable bonds is 6. The van der Waals surface area contributed by atoms with Gasteiger partial charge in [0.05, 0.1) is 12.3 Å². The van der Waals surface area contributed by atoms with Gasteiger partial charge in [-0.3, -0.25) is 0 Å². The summed E-state index contributed by atoms with van der Waals surface area (Å²) in [6, 6.07) is 3.93. The van der Waals surface area contributed by atoms with Crippen molar-refractivity contribution in [1.29, 1.82) is 0 Å². The Morgan fingerprint density at radius 3 is 3.00 bits per heavy atom. The Morgan fingerprint density at radius 2 is 2.38 bits per heavy atom. The van der Waals surface area contributed by atoms with Crippen LogP contribution in [-0.2, 0) is 0 Å². The van der Waals surface area contributed by atoms with E-state index in [-0.39, 0.29) is 0 Å². The first-order valence-electron chi connectivity index (χ1n) is 5.44. The Labute approximate surface area is 96.5 Å². The van der Waals surface area contributed by atoms with E-state index in [0.717, 1.165) is 12.2 Å². The zero-order valence-corrected chi connectivity index (χ0v) is 9.86. The molecule has 1 rings (SSSR count). The number of aromatic nitrogens is 1. The molecule has 88 valence electrons. The van der Waals surface area contributed by atoms with Crippen LogP contribution in [0.1, 0.15) is 20.3 Å². The van der Waals surface area contributed by atoms with E-state index in [4.69, 9.17) is 10.5 Å². The lowest BCUT2D eigenvalue weighted by Crippen LogP contribution is -2.15. The maximum atomic E-state index is 5.73. The van der Waals surface area contributed by atoms with Gasteiger partial charge in [-0.15, -0.1) is 6.58 Å². The third kappa shape index (κ3) is 3.46. The number of pyridine rings is 1. The smallest absolute Gasteiger partial charge is 0.239 e. The number of nitrogens with two attached hydrogens (primary N) is 1. The molecule has 0 amide bonds. The highest BCUT2D eigenvalue weighted by Crippen LogP contribution is 2.21. The number of nitrogens with zero attached hydrogens (tertiary/aromatic N) is 1. The van der Waals surface area contributed by atoms with Gasteiger partial charge in [-0.25, -0.2) is 0 Å². The van der Waals surface area contributed by atoms with Gasteiger partial charge in [-0.1, -0.05) is 6.08 Å².